The smallest absolute Gasteiger partial charge is 0.384 e. The number of alkyl halides is 12. The number of aliphatic carboxylic acids is 1. The summed E-state index contributed by atoms with van der Waals surface area (Å²) in [6, 6.07) is 0. The minimum atomic E-state index is -7.71. The summed E-state index contributed by atoms with van der Waals surface area (Å²) in [5, 5.41) is 8.70. The second kappa shape index (κ2) is 12.3. The molecule has 0 amide bonds. The van der Waals surface area contributed by atoms with Crippen molar-refractivity contribution in [1.29, 1.82) is 0 Å². The van der Waals surface area contributed by atoms with E-state index in [1.54, 1.807) is 0 Å². The molecule has 0 spiro atoms. The Morgan fingerprint density at radius 3 is 1.65 bits per heavy atom. The molecule has 2 unspecified atom stereocenters. The van der Waals surface area contributed by atoms with Crippen LogP contribution in [0.3, 0.4) is 0 Å². The standard InChI is InChI=1S/C15H16F12O4.B3/c1-3-7(4-6(2)8(28)29)9(30)31-5-11(18,19)13(22,23)15(26,27)14(24,25)12(20,21)10(16)17;1-3-2/h6-7,10H,3-5H2,1-2H3,(H,28,29);. The molecule has 0 fully saturated rings. The second-order valence-electron chi connectivity index (χ2n) is 6.73. The number of rotatable bonds is 12. The van der Waals surface area contributed by atoms with Gasteiger partial charge in [-0.3, -0.25) is 9.59 Å². The molecule has 0 aromatic carbocycles. The number of carbonyl (C=O) groups is 2. The van der Waals surface area contributed by atoms with Gasteiger partial charge >= 0.3 is 48.0 Å². The zero-order valence-electron chi connectivity index (χ0n) is 17.3. The zero-order chi connectivity index (χ0) is 27.9. The van der Waals surface area contributed by atoms with E-state index in [-0.39, 0.29) is 6.42 Å². The van der Waals surface area contributed by atoms with E-state index in [4.69, 9.17) is 5.11 Å². The third kappa shape index (κ3) is 7.15. The molecule has 4 nitrogen and oxygen atoms in total. The predicted molar refractivity (Wildman–Crippen MR) is 94.2 cm³/mol. The van der Waals surface area contributed by atoms with Gasteiger partial charge in [-0.2, -0.15) is 43.9 Å². The minimum absolute atomic E-state index is 0.298. The van der Waals surface area contributed by atoms with Crippen molar-refractivity contribution < 1.29 is 72.1 Å². The Kier molecular flexibility index (Phi) is 12.5. The van der Waals surface area contributed by atoms with Gasteiger partial charge in [0.2, 0.25) is 0 Å². The van der Waals surface area contributed by atoms with Crippen molar-refractivity contribution in [1.82, 2.24) is 0 Å². The first-order chi connectivity index (χ1) is 15.0. The van der Waals surface area contributed by atoms with Gasteiger partial charge in [0.05, 0.1) is 11.8 Å². The summed E-state index contributed by atoms with van der Waals surface area (Å²) in [6.45, 7) is -0.746. The molecule has 0 rings (SSSR count). The fourth-order valence-corrected chi connectivity index (χ4v) is 2.10. The quantitative estimate of drug-likeness (QED) is 0.240. The first-order valence-electron chi connectivity index (χ1n) is 8.85. The van der Waals surface area contributed by atoms with E-state index in [1.807, 2.05) is 0 Å². The number of hydrogen-bond acceptors (Lipinski definition) is 3. The molecule has 34 heavy (non-hydrogen) atoms. The summed E-state index contributed by atoms with van der Waals surface area (Å²) in [5.41, 5.74) is 0. The third-order valence-electron chi connectivity index (χ3n) is 4.22. The van der Waals surface area contributed by atoms with Gasteiger partial charge in [-0.1, -0.05) is 13.8 Å². The third-order valence-corrected chi connectivity index (χ3v) is 4.22. The Morgan fingerprint density at radius 2 is 1.32 bits per heavy atom. The van der Waals surface area contributed by atoms with Crippen LogP contribution in [0, 0.1) is 11.8 Å². The molecular weight excluding hydrogens is 505 g/mol. The van der Waals surface area contributed by atoms with E-state index in [1.165, 1.54) is 6.92 Å². The van der Waals surface area contributed by atoms with Crippen LogP contribution in [-0.2, 0) is 14.3 Å². The van der Waals surface area contributed by atoms with Crippen LogP contribution >= 0.6 is 0 Å². The average Bonchev–Trinajstić information content (AvgIpc) is 2.69. The van der Waals surface area contributed by atoms with Gasteiger partial charge in [0.15, 0.2) is 6.61 Å². The first kappa shape index (κ1) is 34.5. The molecule has 0 bridgehead atoms. The Labute approximate surface area is 188 Å². The highest BCUT2D eigenvalue weighted by molar-refractivity contribution is 7.17. The first-order valence-corrected chi connectivity index (χ1v) is 8.85. The van der Waals surface area contributed by atoms with Crippen molar-refractivity contribution >= 4 is 34.5 Å². The molecule has 0 aromatic heterocycles. The zero-order valence-corrected chi connectivity index (χ0v) is 17.3. The number of halogens is 12. The average molecular weight is 521 g/mol. The molecular formula is C15H16B3F12O4. The van der Waals surface area contributed by atoms with E-state index in [9.17, 15) is 62.3 Å². The number of hydrogen-bond donors (Lipinski definition) is 1. The lowest BCUT2D eigenvalue weighted by atomic mass is 9.40. The van der Waals surface area contributed by atoms with Crippen LogP contribution in [0.5, 0.6) is 0 Å². The maximum Gasteiger partial charge on any atom is 0.384 e. The summed E-state index contributed by atoms with van der Waals surface area (Å²) in [6.07, 6.45) is -6.48. The van der Waals surface area contributed by atoms with Gasteiger partial charge in [-0.05, 0) is 12.8 Å². The highest BCUT2D eigenvalue weighted by Crippen LogP contribution is 2.58. The van der Waals surface area contributed by atoms with E-state index < -0.39 is 72.8 Å². The van der Waals surface area contributed by atoms with Crippen LogP contribution in [0.1, 0.15) is 26.7 Å². The maximum atomic E-state index is 13.6. The highest BCUT2D eigenvalue weighted by atomic mass is 19.4. The Hall–Kier alpha value is -1.71. The van der Waals surface area contributed by atoms with Crippen LogP contribution in [0.2, 0.25) is 0 Å². The summed E-state index contributed by atoms with van der Waals surface area (Å²) in [5.74, 6) is -42.3. The fraction of sp³-hybridized carbons (Fsp3) is 0.867. The van der Waals surface area contributed by atoms with Crippen LogP contribution < -0.4 is 0 Å². The lowest BCUT2D eigenvalue weighted by Gasteiger charge is -2.39. The SMILES string of the molecule is CCC(CC(C)C(=O)O)C(=O)OCC(F)(F)C(F)(F)C(F)(F)C(F)(F)C(F)(F)C(F)F.[B][B][B]. The Balaban J connectivity index is 0. The number of carboxylic acid groups (broad SMARTS) is 1. The van der Waals surface area contributed by atoms with Crippen molar-refractivity contribution in [3.63, 3.8) is 0 Å². The molecule has 0 heterocycles. The van der Waals surface area contributed by atoms with Gasteiger partial charge in [-0.25, -0.2) is 8.78 Å². The van der Waals surface area contributed by atoms with Gasteiger partial charge in [0.25, 0.3) is 0 Å². The van der Waals surface area contributed by atoms with Crippen LogP contribution in [0.15, 0.2) is 0 Å². The van der Waals surface area contributed by atoms with Crippen molar-refractivity contribution in [2.75, 3.05) is 6.61 Å². The minimum Gasteiger partial charge on any atom is -0.481 e. The molecule has 2 atom stereocenters. The van der Waals surface area contributed by atoms with E-state index in [0.29, 0.717) is 0 Å². The van der Waals surface area contributed by atoms with Crippen molar-refractivity contribution in [3.05, 3.63) is 0 Å². The predicted octanol–water partition coefficient (Wildman–Crippen LogP) is 3.97. The summed E-state index contributed by atoms with van der Waals surface area (Å²) >= 11 is 0. The second-order valence-corrected chi connectivity index (χ2v) is 6.73. The summed E-state index contributed by atoms with van der Waals surface area (Å²) in [7, 11) is 10.0. The normalized spacial score (nSPS) is 15.1. The Morgan fingerprint density at radius 1 is 0.912 bits per heavy atom. The van der Waals surface area contributed by atoms with Crippen molar-refractivity contribution in [3.8, 4) is 0 Å². The number of carboxylic acids is 1. The number of ether oxygens (including phenoxy) is 1. The molecule has 0 aliphatic carbocycles. The van der Waals surface area contributed by atoms with Gasteiger partial charge in [0, 0.05) is 22.5 Å². The van der Waals surface area contributed by atoms with E-state index in [0.717, 1.165) is 14.0 Å². The van der Waals surface area contributed by atoms with Gasteiger partial charge < -0.3 is 9.84 Å². The van der Waals surface area contributed by atoms with Crippen molar-refractivity contribution in [2.45, 2.75) is 62.7 Å². The topological polar surface area (TPSA) is 63.6 Å². The molecule has 5 radical (unpaired) electrons. The molecule has 19 heteroatoms. The van der Waals surface area contributed by atoms with Gasteiger partial charge in [-0.15, -0.1) is 0 Å². The van der Waals surface area contributed by atoms with Crippen LogP contribution in [0.4, 0.5) is 52.7 Å². The van der Waals surface area contributed by atoms with E-state index in [2.05, 4.69) is 20.2 Å². The number of esters is 1. The Bertz CT molecular complexity index is 679. The monoisotopic (exact) mass is 521 g/mol. The lowest BCUT2D eigenvalue weighted by molar-refractivity contribution is -0.414. The maximum absolute atomic E-state index is 13.6. The number of carbonyl (C=O) groups excluding carboxylic acids is 1. The molecule has 0 aliphatic heterocycles. The summed E-state index contributed by atoms with van der Waals surface area (Å²) in [4.78, 5) is 22.4. The molecule has 1 N–H and O–H groups in total. The van der Waals surface area contributed by atoms with Crippen molar-refractivity contribution in [2.24, 2.45) is 11.8 Å². The highest BCUT2D eigenvalue weighted by Gasteiger charge is 2.87. The van der Waals surface area contributed by atoms with E-state index >= 15 is 0 Å². The lowest BCUT2D eigenvalue weighted by Crippen LogP contribution is -2.69. The van der Waals surface area contributed by atoms with Gasteiger partial charge in [0.1, 0.15) is 0 Å². The molecule has 0 saturated carbocycles. The van der Waals surface area contributed by atoms with Crippen LogP contribution in [0.25, 0.3) is 0 Å². The molecule has 0 aromatic rings. The molecule has 0 aliphatic rings. The fourth-order valence-electron chi connectivity index (χ4n) is 2.10. The molecule has 193 valence electrons. The van der Waals surface area contributed by atoms with Crippen LogP contribution in [-0.4, -0.2) is 82.2 Å². The summed E-state index contributed by atoms with van der Waals surface area (Å²) < 4.78 is 160. The largest absolute Gasteiger partial charge is 0.481 e. The molecule has 0 saturated heterocycles.